The van der Waals surface area contributed by atoms with Crippen LogP contribution >= 0.6 is 0 Å². The molecule has 0 spiro atoms. The van der Waals surface area contributed by atoms with Gasteiger partial charge in [0.2, 0.25) is 0 Å². The van der Waals surface area contributed by atoms with E-state index in [0.29, 0.717) is 19.2 Å². The zero-order valence-electron chi connectivity index (χ0n) is 10.7. The molecule has 0 amide bonds. The second kappa shape index (κ2) is 5.80. The molecule has 1 aromatic carbocycles. The van der Waals surface area contributed by atoms with Gasteiger partial charge >= 0.3 is 6.18 Å². The molecule has 1 saturated heterocycles. The smallest absolute Gasteiger partial charge is 0.416 e. The van der Waals surface area contributed by atoms with Gasteiger partial charge in [0.25, 0.3) is 0 Å². The second-order valence-corrected chi connectivity index (χ2v) is 4.68. The minimum Gasteiger partial charge on any atom is -0.507 e. The Kier molecular flexibility index (Phi) is 4.29. The summed E-state index contributed by atoms with van der Waals surface area (Å²) < 4.78 is 37.8. The molecule has 0 atom stereocenters. The molecular formula is C13H15F3N2O2. The van der Waals surface area contributed by atoms with Gasteiger partial charge in [0, 0.05) is 26.2 Å². The van der Waals surface area contributed by atoms with E-state index in [0.717, 1.165) is 25.2 Å². The number of piperazine rings is 1. The number of hydrogen-bond acceptors (Lipinski definition) is 4. The number of carbonyl (C=O) groups is 1. The van der Waals surface area contributed by atoms with Gasteiger partial charge in [-0.3, -0.25) is 9.69 Å². The van der Waals surface area contributed by atoms with Crippen molar-refractivity contribution in [1.29, 1.82) is 0 Å². The fraction of sp³-hybridized carbons (Fsp3) is 0.462. The van der Waals surface area contributed by atoms with Crippen LogP contribution in [0.15, 0.2) is 18.2 Å². The van der Waals surface area contributed by atoms with Crippen LogP contribution in [0.2, 0.25) is 0 Å². The van der Waals surface area contributed by atoms with Crippen LogP contribution in [0.4, 0.5) is 13.2 Å². The van der Waals surface area contributed by atoms with E-state index >= 15 is 0 Å². The van der Waals surface area contributed by atoms with Gasteiger partial charge in [0.05, 0.1) is 17.7 Å². The zero-order chi connectivity index (χ0) is 14.8. The highest BCUT2D eigenvalue weighted by Crippen LogP contribution is 2.32. The fourth-order valence-corrected chi connectivity index (χ4v) is 2.09. The third-order valence-electron chi connectivity index (χ3n) is 3.20. The summed E-state index contributed by atoms with van der Waals surface area (Å²) in [7, 11) is 0. The first kappa shape index (κ1) is 14.8. The number of rotatable bonds is 3. The molecule has 1 aromatic rings. The number of hydrogen-bond donors (Lipinski definition) is 2. The molecule has 110 valence electrons. The fourth-order valence-electron chi connectivity index (χ4n) is 2.09. The molecule has 1 aliphatic heterocycles. The van der Waals surface area contributed by atoms with Gasteiger partial charge in [-0.05, 0) is 18.2 Å². The third-order valence-corrected chi connectivity index (χ3v) is 3.20. The van der Waals surface area contributed by atoms with Crippen molar-refractivity contribution in [3.05, 3.63) is 29.3 Å². The lowest BCUT2D eigenvalue weighted by Crippen LogP contribution is -2.45. The minimum atomic E-state index is -4.53. The summed E-state index contributed by atoms with van der Waals surface area (Å²) in [4.78, 5) is 13.9. The molecule has 0 unspecified atom stereocenters. The third kappa shape index (κ3) is 3.49. The Morgan fingerprint density at radius 3 is 2.55 bits per heavy atom. The minimum absolute atomic E-state index is 0.0105. The van der Waals surface area contributed by atoms with E-state index in [-0.39, 0.29) is 12.1 Å². The van der Waals surface area contributed by atoms with Crippen LogP contribution in [0.25, 0.3) is 0 Å². The number of ketones is 1. The number of nitrogens with zero attached hydrogens (tertiary/aromatic N) is 1. The second-order valence-electron chi connectivity index (χ2n) is 4.68. The average Bonchev–Trinajstić information content (AvgIpc) is 2.39. The number of benzene rings is 1. The Labute approximate surface area is 114 Å². The van der Waals surface area contributed by atoms with E-state index in [9.17, 15) is 23.1 Å². The lowest BCUT2D eigenvalue weighted by Gasteiger charge is -2.26. The topological polar surface area (TPSA) is 52.6 Å². The summed E-state index contributed by atoms with van der Waals surface area (Å²) in [5.41, 5.74) is -1.21. The number of Topliss-reactive ketones (excluding diaryl/α,β-unsaturated/α-hetero) is 1. The molecule has 1 aliphatic rings. The first-order chi connectivity index (χ1) is 9.38. The van der Waals surface area contributed by atoms with Crippen molar-refractivity contribution in [3.63, 3.8) is 0 Å². The number of phenols is 1. The van der Waals surface area contributed by atoms with Gasteiger partial charge in [-0.25, -0.2) is 0 Å². The monoisotopic (exact) mass is 288 g/mol. The van der Waals surface area contributed by atoms with E-state index in [1.807, 2.05) is 4.90 Å². The molecule has 20 heavy (non-hydrogen) atoms. The average molecular weight is 288 g/mol. The molecule has 0 saturated carbocycles. The molecule has 2 N–H and O–H groups in total. The van der Waals surface area contributed by atoms with Gasteiger partial charge in [0.1, 0.15) is 5.75 Å². The van der Waals surface area contributed by atoms with Crippen LogP contribution in [0, 0.1) is 0 Å². The van der Waals surface area contributed by atoms with Gasteiger partial charge in [-0.1, -0.05) is 0 Å². The highest BCUT2D eigenvalue weighted by atomic mass is 19.4. The highest BCUT2D eigenvalue weighted by molar-refractivity contribution is 6.00. The lowest BCUT2D eigenvalue weighted by molar-refractivity contribution is -0.137. The zero-order valence-corrected chi connectivity index (χ0v) is 10.7. The summed E-state index contributed by atoms with van der Waals surface area (Å²) in [5.74, 6) is -0.923. The van der Waals surface area contributed by atoms with Crippen LogP contribution in [-0.4, -0.2) is 48.5 Å². The Balaban J connectivity index is 2.16. The quantitative estimate of drug-likeness (QED) is 0.828. The van der Waals surface area contributed by atoms with Crippen molar-refractivity contribution in [2.75, 3.05) is 32.7 Å². The summed E-state index contributed by atoms with van der Waals surface area (Å²) in [6.45, 7) is 2.80. The van der Waals surface area contributed by atoms with Gasteiger partial charge in [-0.2, -0.15) is 13.2 Å². The standard InChI is InChI=1S/C13H15F3N2O2/c14-13(15,16)9-1-2-11(19)10(7-9)12(20)8-18-5-3-17-4-6-18/h1-2,7,17,19H,3-6,8H2. The maximum atomic E-state index is 12.6. The van der Waals surface area contributed by atoms with Crippen molar-refractivity contribution in [2.45, 2.75) is 6.18 Å². The number of aromatic hydroxyl groups is 1. The first-order valence-electron chi connectivity index (χ1n) is 6.24. The van der Waals surface area contributed by atoms with Crippen molar-refractivity contribution >= 4 is 5.78 Å². The number of halogens is 3. The van der Waals surface area contributed by atoms with Gasteiger partial charge in [0.15, 0.2) is 5.78 Å². The maximum Gasteiger partial charge on any atom is 0.416 e. The van der Waals surface area contributed by atoms with E-state index in [4.69, 9.17) is 0 Å². The summed E-state index contributed by atoms with van der Waals surface area (Å²) in [5, 5.41) is 12.7. The SMILES string of the molecule is O=C(CN1CCNCC1)c1cc(C(F)(F)F)ccc1O. The van der Waals surface area contributed by atoms with Gasteiger partial charge < -0.3 is 10.4 Å². The first-order valence-corrected chi connectivity index (χ1v) is 6.24. The molecule has 0 aromatic heterocycles. The molecule has 1 fully saturated rings. The highest BCUT2D eigenvalue weighted by Gasteiger charge is 2.32. The largest absolute Gasteiger partial charge is 0.507 e. The van der Waals surface area contributed by atoms with Crippen LogP contribution in [0.5, 0.6) is 5.75 Å². The van der Waals surface area contributed by atoms with Crippen LogP contribution in [0.1, 0.15) is 15.9 Å². The normalized spacial score (nSPS) is 17.1. The molecule has 0 bridgehead atoms. The number of alkyl halides is 3. The molecule has 7 heteroatoms. The number of carbonyl (C=O) groups excluding carboxylic acids is 1. The van der Waals surface area contributed by atoms with Crippen molar-refractivity contribution in [1.82, 2.24) is 10.2 Å². The predicted molar refractivity (Wildman–Crippen MR) is 66.7 cm³/mol. The maximum absolute atomic E-state index is 12.6. The summed E-state index contributed by atoms with van der Waals surface area (Å²) in [6, 6.07) is 2.38. The predicted octanol–water partition coefficient (Wildman–Crippen LogP) is 1.50. The lowest BCUT2D eigenvalue weighted by atomic mass is 10.0. The van der Waals surface area contributed by atoms with E-state index in [1.165, 1.54) is 0 Å². The van der Waals surface area contributed by atoms with Crippen LogP contribution < -0.4 is 5.32 Å². The van der Waals surface area contributed by atoms with Crippen LogP contribution in [-0.2, 0) is 6.18 Å². The Morgan fingerprint density at radius 2 is 1.95 bits per heavy atom. The Hall–Kier alpha value is -1.60. The van der Waals surface area contributed by atoms with E-state index < -0.39 is 23.3 Å². The Morgan fingerprint density at radius 1 is 1.30 bits per heavy atom. The van der Waals surface area contributed by atoms with E-state index in [1.54, 1.807) is 0 Å². The van der Waals surface area contributed by atoms with Crippen molar-refractivity contribution in [3.8, 4) is 5.75 Å². The molecule has 0 aliphatic carbocycles. The summed E-state index contributed by atoms with van der Waals surface area (Å²) >= 11 is 0. The Bertz CT molecular complexity index is 497. The van der Waals surface area contributed by atoms with Crippen LogP contribution in [0.3, 0.4) is 0 Å². The summed E-state index contributed by atoms with van der Waals surface area (Å²) in [6.07, 6.45) is -4.53. The molecule has 0 radical (unpaired) electrons. The van der Waals surface area contributed by atoms with Gasteiger partial charge in [-0.15, -0.1) is 0 Å². The molecule has 1 heterocycles. The molecular weight excluding hydrogens is 273 g/mol. The van der Waals surface area contributed by atoms with Crippen molar-refractivity contribution in [2.24, 2.45) is 0 Å². The van der Waals surface area contributed by atoms with E-state index in [2.05, 4.69) is 5.32 Å². The molecule has 4 nitrogen and oxygen atoms in total. The van der Waals surface area contributed by atoms with Crippen molar-refractivity contribution < 1.29 is 23.1 Å². The number of nitrogens with one attached hydrogen (secondary N) is 1. The number of phenolic OH excluding ortho intramolecular Hbond substituents is 1. The molecule has 2 rings (SSSR count).